The van der Waals surface area contributed by atoms with Gasteiger partial charge in [-0.05, 0) is 0 Å². The van der Waals surface area contributed by atoms with Gasteiger partial charge in [0.1, 0.15) is 6.10 Å². The topological polar surface area (TPSA) is 58.9 Å². The molecule has 2 saturated heterocycles. The van der Waals surface area contributed by atoms with E-state index in [0.717, 1.165) is 0 Å². The van der Waals surface area contributed by atoms with Crippen molar-refractivity contribution in [3.05, 3.63) is 0 Å². The molecule has 0 amide bonds. The molecule has 4 nitrogen and oxygen atoms in total. The predicted octanol–water partition coefficient (Wildman–Crippen LogP) is -1.29. The summed E-state index contributed by atoms with van der Waals surface area (Å²) in [5.74, 6) is -0.0185. The number of fused-ring (bicyclic) bond motifs is 1. The Morgan fingerprint density at radius 1 is 1.10 bits per heavy atom. The molecule has 0 aromatic rings. The lowest BCUT2D eigenvalue weighted by molar-refractivity contribution is -0.123. The highest BCUT2D eigenvalue weighted by molar-refractivity contribution is 4.89. The van der Waals surface area contributed by atoms with Crippen molar-refractivity contribution in [3.8, 4) is 0 Å². The number of aliphatic hydroxyl groups is 2. The van der Waals surface area contributed by atoms with E-state index < -0.39 is 12.4 Å². The lowest BCUT2D eigenvalue weighted by Crippen LogP contribution is -2.26. The van der Waals surface area contributed by atoms with Crippen LogP contribution in [0.4, 0.5) is 0 Å². The summed E-state index contributed by atoms with van der Waals surface area (Å²) in [5, 5.41) is 18.3. The number of rotatable bonds is 0. The Morgan fingerprint density at radius 3 is 2.60 bits per heavy atom. The third-order valence-electron chi connectivity index (χ3n) is 2.12. The molecular formula is C6H10O4. The summed E-state index contributed by atoms with van der Waals surface area (Å²) in [6, 6.07) is 0. The molecule has 2 rings (SSSR count). The standard InChI is InChI=1S/C6H10O4/c7-4-2-9-5-3(4)1-10-6(5)8/h3-8H,1-2H2/t3-,4?,5+,6?/m1/s1. The molecule has 2 heterocycles. The molecule has 0 bridgehead atoms. The zero-order valence-electron chi connectivity index (χ0n) is 5.43. The van der Waals surface area contributed by atoms with Crippen LogP contribution >= 0.6 is 0 Å². The van der Waals surface area contributed by atoms with Crippen LogP contribution in [0.5, 0.6) is 0 Å². The summed E-state index contributed by atoms with van der Waals surface area (Å²) in [5.41, 5.74) is 0. The van der Waals surface area contributed by atoms with E-state index in [1.807, 2.05) is 0 Å². The highest BCUT2D eigenvalue weighted by Gasteiger charge is 2.46. The van der Waals surface area contributed by atoms with Crippen molar-refractivity contribution in [2.45, 2.75) is 18.5 Å². The van der Waals surface area contributed by atoms with E-state index in [9.17, 15) is 5.11 Å². The van der Waals surface area contributed by atoms with Crippen molar-refractivity contribution in [2.24, 2.45) is 5.92 Å². The van der Waals surface area contributed by atoms with Gasteiger partial charge in [-0.2, -0.15) is 0 Å². The quantitative estimate of drug-likeness (QED) is 0.446. The molecule has 0 saturated carbocycles. The minimum Gasteiger partial charge on any atom is -0.390 e. The Hall–Kier alpha value is -0.160. The molecule has 2 fully saturated rings. The van der Waals surface area contributed by atoms with E-state index in [4.69, 9.17) is 14.6 Å². The van der Waals surface area contributed by atoms with Crippen LogP contribution in [0.1, 0.15) is 0 Å². The van der Waals surface area contributed by atoms with Crippen molar-refractivity contribution in [3.63, 3.8) is 0 Å². The summed E-state index contributed by atoms with van der Waals surface area (Å²) in [7, 11) is 0. The second kappa shape index (κ2) is 2.17. The summed E-state index contributed by atoms with van der Waals surface area (Å²) in [6.45, 7) is 0.739. The maximum absolute atomic E-state index is 9.20. The lowest BCUT2D eigenvalue weighted by atomic mass is 10.0. The first-order valence-electron chi connectivity index (χ1n) is 3.38. The van der Waals surface area contributed by atoms with Gasteiger partial charge in [0, 0.05) is 5.92 Å². The Bertz CT molecular complexity index is 122. The molecule has 58 valence electrons. The molecular weight excluding hydrogens is 136 g/mol. The van der Waals surface area contributed by atoms with Crippen molar-refractivity contribution in [2.75, 3.05) is 13.2 Å². The molecule has 2 aliphatic rings. The zero-order chi connectivity index (χ0) is 7.14. The summed E-state index contributed by atoms with van der Waals surface area (Å²) < 4.78 is 9.94. The van der Waals surface area contributed by atoms with Gasteiger partial charge in [0.05, 0.1) is 19.3 Å². The van der Waals surface area contributed by atoms with Gasteiger partial charge in [-0.1, -0.05) is 0 Å². The second-order valence-corrected chi connectivity index (χ2v) is 2.75. The Labute approximate surface area is 58.4 Å². The summed E-state index contributed by atoms with van der Waals surface area (Å²) in [4.78, 5) is 0. The van der Waals surface area contributed by atoms with Crippen LogP contribution in [0, 0.1) is 5.92 Å². The molecule has 10 heavy (non-hydrogen) atoms. The first-order chi connectivity index (χ1) is 4.79. The van der Waals surface area contributed by atoms with Gasteiger partial charge >= 0.3 is 0 Å². The van der Waals surface area contributed by atoms with E-state index in [1.165, 1.54) is 0 Å². The van der Waals surface area contributed by atoms with Crippen LogP contribution in [-0.4, -0.2) is 41.9 Å². The third-order valence-corrected chi connectivity index (χ3v) is 2.12. The predicted molar refractivity (Wildman–Crippen MR) is 31.2 cm³/mol. The molecule has 2 N–H and O–H groups in total. The fourth-order valence-electron chi connectivity index (χ4n) is 1.48. The van der Waals surface area contributed by atoms with Crippen LogP contribution in [-0.2, 0) is 9.47 Å². The Balaban J connectivity index is 2.09. The minimum absolute atomic E-state index is 0.0185. The summed E-state index contributed by atoms with van der Waals surface area (Å²) in [6.07, 6.45) is -1.58. The van der Waals surface area contributed by atoms with Crippen molar-refractivity contribution < 1.29 is 19.7 Å². The van der Waals surface area contributed by atoms with Gasteiger partial charge in [-0.25, -0.2) is 0 Å². The zero-order valence-corrected chi connectivity index (χ0v) is 5.43. The average Bonchev–Trinajstić information content (AvgIpc) is 2.41. The monoisotopic (exact) mass is 146 g/mol. The molecule has 0 aliphatic carbocycles. The van der Waals surface area contributed by atoms with Crippen LogP contribution in [0.25, 0.3) is 0 Å². The number of hydrogen-bond donors (Lipinski definition) is 2. The fraction of sp³-hybridized carbons (Fsp3) is 1.00. The first kappa shape index (κ1) is 6.54. The smallest absolute Gasteiger partial charge is 0.181 e. The maximum Gasteiger partial charge on any atom is 0.181 e. The molecule has 4 atom stereocenters. The second-order valence-electron chi connectivity index (χ2n) is 2.75. The van der Waals surface area contributed by atoms with Gasteiger partial charge in [-0.15, -0.1) is 0 Å². The normalized spacial score (nSPS) is 53.4. The van der Waals surface area contributed by atoms with Gasteiger partial charge in [0.25, 0.3) is 0 Å². The Kier molecular flexibility index (Phi) is 1.42. The minimum atomic E-state index is -0.831. The van der Waals surface area contributed by atoms with E-state index >= 15 is 0 Å². The highest BCUT2D eigenvalue weighted by atomic mass is 16.6. The van der Waals surface area contributed by atoms with Crippen LogP contribution in [0.2, 0.25) is 0 Å². The molecule has 0 aromatic carbocycles. The van der Waals surface area contributed by atoms with Gasteiger partial charge in [0.15, 0.2) is 6.29 Å². The van der Waals surface area contributed by atoms with Gasteiger partial charge < -0.3 is 19.7 Å². The van der Waals surface area contributed by atoms with Crippen molar-refractivity contribution >= 4 is 0 Å². The van der Waals surface area contributed by atoms with Crippen LogP contribution < -0.4 is 0 Å². The van der Waals surface area contributed by atoms with E-state index in [1.54, 1.807) is 0 Å². The Morgan fingerprint density at radius 2 is 1.90 bits per heavy atom. The third kappa shape index (κ3) is 0.769. The largest absolute Gasteiger partial charge is 0.390 e. The molecule has 4 heteroatoms. The first-order valence-corrected chi connectivity index (χ1v) is 3.38. The van der Waals surface area contributed by atoms with Gasteiger partial charge in [0.2, 0.25) is 0 Å². The molecule has 0 aromatic heterocycles. The lowest BCUT2D eigenvalue weighted by Gasteiger charge is -2.08. The van der Waals surface area contributed by atoms with Crippen molar-refractivity contribution in [1.29, 1.82) is 0 Å². The SMILES string of the molecule is OC1CO[C@@H]2C(O)OC[C@H]12. The maximum atomic E-state index is 9.20. The van der Waals surface area contributed by atoms with Crippen LogP contribution in [0.3, 0.4) is 0 Å². The molecule has 0 radical (unpaired) electrons. The summed E-state index contributed by atoms with van der Waals surface area (Å²) >= 11 is 0. The number of hydrogen-bond acceptors (Lipinski definition) is 4. The van der Waals surface area contributed by atoms with E-state index in [0.29, 0.717) is 13.2 Å². The van der Waals surface area contributed by atoms with E-state index in [-0.39, 0.29) is 12.0 Å². The average molecular weight is 146 g/mol. The number of aliphatic hydroxyl groups excluding tert-OH is 2. The van der Waals surface area contributed by atoms with Gasteiger partial charge in [-0.3, -0.25) is 0 Å². The molecule has 2 unspecified atom stereocenters. The highest BCUT2D eigenvalue weighted by Crippen LogP contribution is 2.30. The fourth-order valence-corrected chi connectivity index (χ4v) is 1.48. The van der Waals surface area contributed by atoms with E-state index in [2.05, 4.69) is 0 Å². The van der Waals surface area contributed by atoms with Crippen LogP contribution in [0.15, 0.2) is 0 Å². The number of ether oxygens (including phenoxy) is 2. The molecule has 0 spiro atoms. The van der Waals surface area contributed by atoms with Crippen molar-refractivity contribution in [1.82, 2.24) is 0 Å². The molecule has 2 aliphatic heterocycles.